The van der Waals surface area contributed by atoms with Crippen LogP contribution in [0.5, 0.6) is 17.2 Å². The number of ketones is 1. The molecule has 0 unspecified atom stereocenters. The van der Waals surface area contributed by atoms with Crippen molar-refractivity contribution < 1.29 is 29.0 Å². The maximum absolute atomic E-state index is 13.5. The van der Waals surface area contributed by atoms with Crippen molar-refractivity contribution in [3.05, 3.63) is 65.7 Å². The van der Waals surface area contributed by atoms with Crippen molar-refractivity contribution in [2.45, 2.75) is 81.9 Å². The Labute approximate surface area is 247 Å². The molecule has 1 amide bonds. The molecule has 2 heterocycles. The summed E-state index contributed by atoms with van der Waals surface area (Å²) < 4.78 is 12.3. The van der Waals surface area contributed by atoms with Gasteiger partial charge < -0.3 is 19.5 Å². The molecule has 222 valence electrons. The van der Waals surface area contributed by atoms with Gasteiger partial charge in [-0.2, -0.15) is 0 Å². The molecule has 1 saturated heterocycles. The number of likely N-dealkylation sites (tertiary alicyclic amines) is 1. The highest BCUT2D eigenvalue weighted by Crippen LogP contribution is 2.65. The van der Waals surface area contributed by atoms with Crippen LogP contribution in [0.25, 0.3) is 0 Å². The molecular weight excluding hydrogens is 532 g/mol. The summed E-state index contributed by atoms with van der Waals surface area (Å²) in [7, 11) is 1.87. The molecule has 1 N–H and O–H groups in total. The quantitative estimate of drug-likeness (QED) is 0.143. The van der Waals surface area contributed by atoms with E-state index in [4.69, 9.17) is 9.47 Å². The highest BCUT2D eigenvalue weighted by atomic mass is 16.6. The number of piperidine rings is 1. The Balaban J connectivity index is 1.24. The van der Waals surface area contributed by atoms with Crippen molar-refractivity contribution in [1.29, 1.82) is 0 Å². The molecule has 4 aliphatic rings. The molecule has 5 atom stereocenters. The number of phenolic OH excluding ortho intramolecular Hbond substituents is 1. The van der Waals surface area contributed by atoms with Crippen molar-refractivity contribution in [3.63, 3.8) is 0 Å². The van der Waals surface area contributed by atoms with Gasteiger partial charge in [-0.25, -0.2) is 0 Å². The van der Waals surface area contributed by atoms with Crippen LogP contribution in [-0.4, -0.2) is 70.9 Å². The maximum atomic E-state index is 13.5. The second-order valence-electron chi connectivity index (χ2n) is 12.3. The molecule has 1 saturated carbocycles. The summed E-state index contributed by atoms with van der Waals surface area (Å²) in [6, 6.07) is 10.9. The highest BCUT2D eigenvalue weighted by molar-refractivity contribution is 5.96. The van der Waals surface area contributed by atoms with E-state index in [1.54, 1.807) is 0 Å². The lowest BCUT2D eigenvalue weighted by Gasteiger charge is -2.60. The zero-order valence-corrected chi connectivity index (χ0v) is 24.5. The topological polar surface area (TPSA) is 96.4 Å². The van der Waals surface area contributed by atoms with Crippen LogP contribution in [-0.2, 0) is 21.4 Å². The van der Waals surface area contributed by atoms with Gasteiger partial charge in [-0.05, 0) is 51.0 Å². The molecule has 2 bridgehead atoms. The summed E-state index contributed by atoms with van der Waals surface area (Å²) in [5.41, 5.74) is 2.18. The predicted octanol–water partition coefficient (Wildman–Crippen LogP) is 4.81. The fourth-order valence-electron chi connectivity index (χ4n) is 8.36. The monoisotopic (exact) mass is 572 g/mol. The minimum atomic E-state index is -0.470. The summed E-state index contributed by atoms with van der Waals surface area (Å²) in [6.45, 7) is 6.97. The van der Waals surface area contributed by atoms with E-state index in [-0.39, 0.29) is 46.8 Å². The van der Waals surface area contributed by atoms with E-state index >= 15 is 0 Å². The number of hydrogen-bond donors (Lipinski definition) is 1. The van der Waals surface area contributed by atoms with Crippen molar-refractivity contribution in [2.24, 2.45) is 5.92 Å². The lowest BCUT2D eigenvalue weighted by atomic mass is 9.51. The molecule has 2 aliphatic heterocycles. The smallest absolute Gasteiger partial charge is 0.308 e. The van der Waals surface area contributed by atoms with E-state index in [1.807, 2.05) is 48.4 Å². The molecular formula is C34H40N2O6. The number of phenols is 1. The number of amides is 1. The first-order valence-electron chi connectivity index (χ1n) is 15.2. The molecule has 6 rings (SSSR count). The lowest BCUT2D eigenvalue weighted by molar-refractivity contribution is -0.140. The third-order valence-electron chi connectivity index (χ3n) is 10.1. The van der Waals surface area contributed by atoms with Crippen LogP contribution in [0.4, 0.5) is 0 Å². The molecule has 1 spiro atoms. The molecule has 42 heavy (non-hydrogen) atoms. The van der Waals surface area contributed by atoms with E-state index < -0.39 is 5.97 Å². The third kappa shape index (κ3) is 4.60. The number of esters is 1. The Morgan fingerprint density at radius 1 is 1.19 bits per heavy atom. The molecule has 8 heteroatoms. The van der Waals surface area contributed by atoms with Gasteiger partial charge in [0.15, 0.2) is 17.3 Å². The van der Waals surface area contributed by atoms with Gasteiger partial charge in [0.1, 0.15) is 11.9 Å². The average Bonchev–Trinajstić information content (AvgIpc) is 3.32. The molecule has 0 radical (unpaired) electrons. The number of hydrogen-bond acceptors (Lipinski definition) is 7. The number of likely N-dealkylation sites (N-methyl/N-ethyl adjacent to an activating group) is 1. The van der Waals surface area contributed by atoms with E-state index in [0.29, 0.717) is 49.3 Å². The summed E-state index contributed by atoms with van der Waals surface area (Å²) in [4.78, 5) is 42.3. The Hall–Kier alpha value is -3.65. The first kappa shape index (κ1) is 28.5. The fraction of sp³-hybridized carbons (Fsp3) is 0.500. The number of benzene rings is 2. The lowest BCUT2D eigenvalue weighted by Crippen LogP contribution is -2.68. The van der Waals surface area contributed by atoms with E-state index in [1.165, 1.54) is 13.0 Å². The summed E-state index contributed by atoms with van der Waals surface area (Å²) in [6.07, 6.45) is 7.00. The van der Waals surface area contributed by atoms with Crippen LogP contribution in [0.1, 0.15) is 73.4 Å². The minimum Gasteiger partial charge on any atom is -0.508 e. The van der Waals surface area contributed by atoms with Crippen molar-refractivity contribution >= 4 is 17.7 Å². The second kappa shape index (κ2) is 11.2. The SMILES string of the molecule is C=CCN1CC[C@]23c4c5c(O)cc(OC(C)=O)c4O[C@H]2[C@@H](N(C)C(=O)CCCCC(=O)c2ccccc2)CC[C@H]3[C@H]1C5. The number of carbonyl (C=O) groups is 3. The molecule has 2 aliphatic carbocycles. The number of nitrogens with zero attached hydrogens (tertiary/aromatic N) is 2. The Bertz CT molecular complexity index is 1410. The van der Waals surface area contributed by atoms with E-state index in [0.717, 1.165) is 43.5 Å². The van der Waals surface area contributed by atoms with Gasteiger partial charge in [0.25, 0.3) is 0 Å². The van der Waals surface area contributed by atoms with Gasteiger partial charge in [0, 0.05) is 67.6 Å². The summed E-state index contributed by atoms with van der Waals surface area (Å²) >= 11 is 0. The number of unbranched alkanes of at least 4 members (excludes halogenated alkanes) is 1. The van der Waals surface area contributed by atoms with Crippen molar-refractivity contribution in [3.8, 4) is 17.2 Å². The molecule has 2 aromatic carbocycles. The van der Waals surface area contributed by atoms with Crippen LogP contribution in [0.3, 0.4) is 0 Å². The molecule has 8 nitrogen and oxygen atoms in total. The summed E-state index contributed by atoms with van der Waals surface area (Å²) in [5.74, 6) is 0.904. The van der Waals surface area contributed by atoms with Crippen LogP contribution in [0.15, 0.2) is 49.1 Å². The Kier molecular flexibility index (Phi) is 7.60. The molecule has 2 fully saturated rings. The normalized spacial score (nSPS) is 27.0. The van der Waals surface area contributed by atoms with E-state index in [9.17, 15) is 19.5 Å². The van der Waals surface area contributed by atoms with Gasteiger partial charge in [-0.15, -0.1) is 6.58 Å². The Morgan fingerprint density at radius 2 is 1.95 bits per heavy atom. The largest absolute Gasteiger partial charge is 0.508 e. The van der Waals surface area contributed by atoms with Gasteiger partial charge in [0.2, 0.25) is 5.91 Å². The van der Waals surface area contributed by atoms with Crippen LogP contribution in [0, 0.1) is 5.92 Å². The van der Waals surface area contributed by atoms with Gasteiger partial charge in [-0.3, -0.25) is 19.3 Å². The first-order chi connectivity index (χ1) is 20.3. The first-order valence-corrected chi connectivity index (χ1v) is 15.2. The van der Waals surface area contributed by atoms with Crippen molar-refractivity contribution in [1.82, 2.24) is 9.80 Å². The van der Waals surface area contributed by atoms with Gasteiger partial charge in [-0.1, -0.05) is 36.4 Å². The van der Waals surface area contributed by atoms with Crippen LogP contribution >= 0.6 is 0 Å². The number of ether oxygens (including phenoxy) is 2. The fourth-order valence-corrected chi connectivity index (χ4v) is 8.36. The molecule has 0 aromatic heterocycles. The number of Topliss-reactive ketones (excluding diaryl/α,β-unsaturated/α-hetero) is 1. The van der Waals surface area contributed by atoms with Crippen LogP contribution < -0.4 is 9.47 Å². The number of carbonyl (C=O) groups excluding carboxylic acids is 3. The molecule has 2 aromatic rings. The standard InChI is InChI=1S/C34H40N2O6/c1-4-17-36-18-16-34-24-14-15-25(35(3)30(40)13-9-8-12-27(38)22-10-6-5-7-11-22)33(34)42-32-29(41-21(2)37)20-28(39)23(31(32)34)19-26(24)36/h4-7,10-11,20,24-26,33,39H,1,8-9,12-19H2,2-3H3/t24-,25-,26+,33-,34-/m0/s1. The predicted molar refractivity (Wildman–Crippen MR) is 158 cm³/mol. The van der Waals surface area contributed by atoms with E-state index in [2.05, 4.69) is 11.5 Å². The maximum Gasteiger partial charge on any atom is 0.308 e. The average molecular weight is 573 g/mol. The summed E-state index contributed by atoms with van der Waals surface area (Å²) in [5, 5.41) is 11.2. The van der Waals surface area contributed by atoms with Gasteiger partial charge >= 0.3 is 5.97 Å². The number of rotatable bonds is 10. The minimum absolute atomic E-state index is 0.0429. The van der Waals surface area contributed by atoms with Crippen molar-refractivity contribution in [2.75, 3.05) is 20.1 Å². The Morgan fingerprint density at radius 3 is 2.69 bits per heavy atom. The van der Waals surface area contributed by atoms with Gasteiger partial charge in [0.05, 0.1) is 6.04 Å². The zero-order valence-electron chi connectivity index (χ0n) is 24.5. The second-order valence-corrected chi connectivity index (χ2v) is 12.3. The third-order valence-corrected chi connectivity index (χ3v) is 10.1. The van der Waals surface area contributed by atoms with Crippen LogP contribution in [0.2, 0.25) is 0 Å². The zero-order chi connectivity index (χ0) is 29.6. The number of aromatic hydroxyl groups is 1. The highest BCUT2D eigenvalue weighted by Gasteiger charge is 2.67.